The summed E-state index contributed by atoms with van der Waals surface area (Å²) in [5.74, 6) is 1.25. The fourth-order valence-corrected chi connectivity index (χ4v) is 3.21. The van der Waals surface area contributed by atoms with Crippen molar-refractivity contribution in [3.63, 3.8) is 0 Å². The number of aliphatic hydroxyl groups is 1. The monoisotopic (exact) mass is 422 g/mol. The Bertz CT molecular complexity index is 989. The van der Waals surface area contributed by atoms with Gasteiger partial charge < -0.3 is 23.9 Å². The first-order valence-corrected chi connectivity index (χ1v) is 8.98. The zero-order chi connectivity index (χ0) is 21.9. The van der Waals surface area contributed by atoms with Crippen molar-refractivity contribution in [2.24, 2.45) is 0 Å². The highest BCUT2D eigenvalue weighted by atomic mass is 19.4. The number of nitrogens with zero attached hydrogens (tertiary/aromatic N) is 2. The lowest BCUT2D eigenvalue weighted by Crippen LogP contribution is -2.05. The molecule has 3 aromatic rings. The second-order valence-corrected chi connectivity index (χ2v) is 6.35. The van der Waals surface area contributed by atoms with Crippen LogP contribution in [0.15, 0.2) is 42.7 Å². The molecule has 9 heteroatoms. The van der Waals surface area contributed by atoms with E-state index < -0.39 is 11.7 Å². The average Bonchev–Trinajstić information content (AvgIpc) is 3.16. The van der Waals surface area contributed by atoms with Crippen LogP contribution in [0.4, 0.5) is 13.2 Å². The summed E-state index contributed by atoms with van der Waals surface area (Å²) in [7, 11) is 4.47. The number of rotatable bonds is 7. The number of hydrogen-bond donors (Lipinski definition) is 1. The Hall–Kier alpha value is -3.20. The Morgan fingerprint density at radius 2 is 1.53 bits per heavy atom. The Morgan fingerprint density at radius 3 is 2.00 bits per heavy atom. The van der Waals surface area contributed by atoms with Gasteiger partial charge in [0.1, 0.15) is 0 Å². The summed E-state index contributed by atoms with van der Waals surface area (Å²) in [6.45, 7) is 0.0759. The fraction of sp³-hybridized carbons (Fsp3) is 0.286. The quantitative estimate of drug-likeness (QED) is 0.617. The van der Waals surface area contributed by atoms with E-state index in [-0.39, 0.29) is 13.2 Å². The predicted molar refractivity (Wildman–Crippen MR) is 105 cm³/mol. The third-order valence-corrected chi connectivity index (χ3v) is 4.60. The van der Waals surface area contributed by atoms with E-state index in [2.05, 4.69) is 4.98 Å². The minimum atomic E-state index is -4.43. The topological polar surface area (TPSA) is 65.7 Å². The molecule has 0 saturated carbocycles. The molecule has 0 amide bonds. The fourth-order valence-electron chi connectivity index (χ4n) is 3.21. The summed E-state index contributed by atoms with van der Waals surface area (Å²) < 4.78 is 56.7. The lowest BCUT2D eigenvalue weighted by atomic mass is 10.0. The normalized spacial score (nSPS) is 11.4. The number of hydrogen-bond acceptors (Lipinski definition) is 5. The molecular weight excluding hydrogens is 401 g/mol. The van der Waals surface area contributed by atoms with Crippen molar-refractivity contribution >= 4 is 0 Å². The van der Waals surface area contributed by atoms with E-state index in [4.69, 9.17) is 14.2 Å². The van der Waals surface area contributed by atoms with Gasteiger partial charge in [-0.15, -0.1) is 0 Å². The minimum absolute atomic E-state index is 0.154. The van der Waals surface area contributed by atoms with Gasteiger partial charge in [-0.3, -0.25) is 0 Å². The third-order valence-electron chi connectivity index (χ3n) is 4.60. The van der Waals surface area contributed by atoms with Crippen LogP contribution in [-0.2, 0) is 12.7 Å². The summed E-state index contributed by atoms with van der Waals surface area (Å²) in [6.07, 6.45) is -2.90. The molecule has 2 aromatic carbocycles. The van der Waals surface area contributed by atoms with Crippen molar-refractivity contribution in [3.8, 4) is 39.8 Å². The Morgan fingerprint density at radius 1 is 0.933 bits per heavy atom. The van der Waals surface area contributed by atoms with Gasteiger partial charge in [-0.1, -0.05) is 12.1 Å². The number of aromatic nitrogens is 2. The first-order chi connectivity index (χ1) is 14.3. The van der Waals surface area contributed by atoms with Gasteiger partial charge in [0.15, 0.2) is 11.5 Å². The molecule has 0 spiro atoms. The first kappa shape index (κ1) is 21.5. The second-order valence-electron chi connectivity index (χ2n) is 6.35. The molecule has 0 unspecified atom stereocenters. The van der Waals surface area contributed by atoms with Gasteiger partial charge in [-0.25, -0.2) is 4.98 Å². The number of alkyl halides is 3. The van der Waals surface area contributed by atoms with Gasteiger partial charge >= 0.3 is 6.18 Å². The number of methoxy groups -OCH3 is 3. The van der Waals surface area contributed by atoms with E-state index in [0.29, 0.717) is 39.8 Å². The maximum atomic E-state index is 13.0. The van der Waals surface area contributed by atoms with Crippen molar-refractivity contribution in [1.29, 1.82) is 0 Å². The standard InChI is InChI=1S/C21H21F3N2O4/c1-28-16-10-14(11-17(29-2)20(16)30-3)18-19(26(8-9-27)12-25-18)13-4-6-15(7-5-13)21(22,23)24/h4-7,10-12,27H,8-9H2,1-3H3. The Balaban J connectivity index is 2.18. The highest BCUT2D eigenvalue weighted by Crippen LogP contribution is 2.43. The molecule has 1 aromatic heterocycles. The zero-order valence-electron chi connectivity index (χ0n) is 16.7. The van der Waals surface area contributed by atoms with E-state index >= 15 is 0 Å². The molecule has 6 nitrogen and oxygen atoms in total. The van der Waals surface area contributed by atoms with Gasteiger partial charge in [-0.05, 0) is 24.3 Å². The number of halogens is 3. The van der Waals surface area contributed by atoms with Crippen molar-refractivity contribution < 1.29 is 32.5 Å². The summed E-state index contributed by atoms with van der Waals surface area (Å²) in [5.41, 5.74) is 1.47. The molecule has 30 heavy (non-hydrogen) atoms. The van der Waals surface area contributed by atoms with Crippen LogP contribution >= 0.6 is 0 Å². The van der Waals surface area contributed by atoms with Gasteiger partial charge in [0.25, 0.3) is 0 Å². The molecule has 160 valence electrons. The molecule has 0 fully saturated rings. The van der Waals surface area contributed by atoms with Crippen LogP contribution in [0.1, 0.15) is 5.56 Å². The molecule has 3 rings (SSSR count). The maximum Gasteiger partial charge on any atom is 0.416 e. The van der Waals surface area contributed by atoms with Gasteiger partial charge in [-0.2, -0.15) is 13.2 Å². The van der Waals surface area contributed by atoms with Crippen LogP contribution in [0.3, 0.4) is 0 Å². The largest absolute Gasteiger partial charge is 0.493 e. The predicted octanol–water partition coefficient (Wildman–Crippen LogP) is 4.25. The molecule has 0 radical (unpaired) electrons. The summed E-state index contributed by atoms with van der Waals surface area (Å²) in [6, 6.07) is 8.22. The second kappa shape index (κ2) is 8.66. The highest BCUT2D eigenvalue weighted by Gasteiger charge is 2.30. The average molecular weight is 422 g/mol. The van der Waals surface area contributed by atoms with Crippen LogP contribution in [0.5, 0.6) is 17.2 Å². The van der Waals surface area contributed by atoms with Crippen LogP contribution in [0.2, 0.25) is 0 Å². The van der Waals surface area contributed by atoms with E-state index in [9.17, 15) is 18.3 Å². The number of imidazole rings is 1. The number of aliphatic hydroxyl groups excluding tert-OH is 1. The third kappa shape index (κ3) is 4.06. The van der Waals surface area contributed by atoms with Crippen molar-refractivity contribution in [2.75, 3.05) is 27.9 Å². The molecule has 0 atom stereocenters. The zero-order valence-corrected chi connectivity index (χ0v) is 16.7. The molecule has 0 aliphatic carbocycles. The van der Waals surface area contributed by atoms with Crippen molar-refractivity contribution in [1.82, 2.24) is 9.55 Å². The highest BCUT2D eigenvalue weighted by molar-refractivity contribution is 5.81. The van der Waals surface area contributed by atoms with Crippen LogP contribution in [-0.4, -0.2) is 42.6 Å². The minimum Gasteiger partial charge on any atom is -0.493 e. The molecule has 0 saturated heterocycles. The molecule has 0 aliphatic heterocycles. The van der Waals surface area contributed by atoms with Crippen LogP contribution in [0, 0.1) is 0 Å². The SMILES string of the molecule is COc1cc(-c2ncn(CCO)c2-c2ccc(C(F)(F)F)cc2)cc(OC)c1OC. The number of benzene rings is 2. The van der Waals surface area contributed by atoms with Crippen LogP contribution < -0.4 is 14.2 Å². The van der Waals surface area contributed by atoms with Crippen molar-refractivity contribution in [3.05, 3.63) is 48.3 Å². The first-order valence-electron chi connectivity index (χ1n) is 8.98. The summed E-state index contributed by atoms with van der Waals surface area (Å²) in [5, 5.41) is 9.40. The molecule has 0 bridgehead atoms. The lowest BCUT2D eigenvalue weighted by Gasteiger charge is -2.15. The smallest absolute Gasteiger partial charge is 0.416 e. The van der Waals surface area contributed by atoms with Crippen molar-refractivity contribution in [2.45, 2.75) is 12.7 Å². The summed E-state index contributed by atoms with van der Waals surface area (Å²) in [4.78, 5) is 4.44. The lowest BCUT2D eigenvalue weighted by molar-refractivity contribution is -0.137. The van der Waals surface area contributed by atoms with Gasteiger partial charge in [0, 0.05) is 17.7 Å². The van der Waals surface area contributed by atoms with E-state index in [0.717, 1.165) is 12.1 Å². The molecule has 1 heterocycles. The molecular formula is C21H21F3N2O4. The Kier molecular flexibility index (Phi) is 6.21. The maximum absolute atomic E-state index is 13.0. The van der Waals surface area contributed by atoms with Gasteiger partial charge in [0.2, 0.25) is 5.75 Å². The summed E-state index contributed by atoms with van der Waals surface area (Å²) >= 11 is 0. The van der Waals surface area contributed by atoms with Crippen LogP contribution in [0.25, 0.3) is 22.5 Å². The van der Waals surface area contributed by atoms with Gasteiger partial charge in [0.05, 0.1) is 51.2 Å². The Labute approximate surface area is 171 Å². The van der Waals surface area contributed by atoms with E-state index in [1.807, 2.05) is 0 Å². The number of ether oxygens (including phenoxy) is 3. The van der Waals surface area contributed by atoms with E-state index in [1.54, 1.807) is 16.7 Å². The molecule has 0 aliphatic rings. The van der Waals surface area contributed by atoms with E-state index in [1.165, 1.54) is 39.8 Å². The molecule has 1 N–H and O–H groups in total.